The lowest BCUT2D eigenvalue weighted by Crippen LogP contribution is -2.20. The van der Waals surface area contributed by atoms with Crippen LogP contribution in [0.4, 0.5) is 17.3 Å². The van der Waals surface area contributed by atoms with Crippen LogP contribution < -0.4 is 10.6 Å². The van der Waals surface area contributed by atoms with Crippen molar-refractivity contribution in [2.24, 2.45) is 0 Å². The van der Waals surface area contributed by atoms with Crippen molar-refractivity contribution in [1.29, 1.82) is 0 Å². The smallest absolute Gasteiger partial charge is 0.311 e. The lowest BCUT2D eigenvalue weighted by molar-refractivity contribution is -0.384. The Morgan fingerprint density at radius 3 is 2.63 bits per heavy atom. The van der Waals surface area contributed by atoms with Crippen LogP contribution >= 0.6 is 0 Å². The predicted molar refractivity (Wildman–Crippen MR) is 77.7 cm³/mol. The first-order valence-electron chi connectivity index (χ1n) is 6.78. The minimum atomic E-state index is -0.399. The molecular formula is C13H22N4O2. The van der Waals surface area contributed by atoms with Gasteiger partial charge in [-0.3, -0.25) is 10.1 Å². The molecule has 0 aromatic carbocycles. The van der Waals surface area contributed by atoms with Gasteiger partial charge >= 0.3 is 5.69 Å². The zero-order chi connectivity index (χ0) is 14.3. The summed E-state index contributed by atoms with van der Waals surface area (Å²) in [5.41, 5.74) is 0.0243. The molecule has 0 radical (unpaired) electrons. The topological polar surface area (TPSA) is 80.1 Å². The number of pyridine rings is 1. The first-order chi connectivity index (χ1) is 9.12. The number of rotatable bonds is 8. The highest BCUT2D eigenvalue weighted by molar-refractivity contribution is 5.60. The number of anilines is 2. The van der Waals surface area contributed by atoms with Gasteiger partial charge in [-0.05, 0) is 25.8 Å². The van der Waals surface area contributed by atoms with Crippen LogP contribution in [0.3, 0.4) is 0 Å². The molecular weight excluding hydrogens is 244 g/mol. The van der Waals surface area contributed by atoms with E-state index in [-0.39, 0.29) is 11.7 Å². The highest BCUT2D eigenvalue weighted by atomic mass is 16.6. The summed E-state index contributed by atoms with van der Waals surface area (Å²) in [6.07, 6.45) is 2.92. The van der Waals surface area contributed by atoms with Crippen molar-refractivity contribution >= 4 is 17.3 Å². The second-order valence-corrected chi connectivity index (χ2v) is 4.39. The van der Waals surface area contributed by atoms with Crippen LogP contribution in [0.5, 0.6) is 0 Å². The third kappa shape index (κ3) is 4.39. The molecule has 0 saturated carbocycles. The SMILES string of the molecule is CCCC(CC)Nc1nc(NCC)ccc1[N+](=O)[O-]. The van der Waals surface area contributed by atoms with Crippen LogP contribution in [0.1, 0.15) is 40.0 Å². The van der Waals surface area contributed by atoms with Crippen molar-refractivity contribution < 1.29 is 4.92 Å². The van der Waals surface area contributed by atoms with E-state index in [9.17, 15) is 10.1 Å². The largest absolute Gasteiger partial charge is 0.370 e. The van der Waals surface area contributed by atoms with E-state index in [1.807, 2.05) is 6.92 Å². The molecule has 0 bridgehead atoms. The molecule has 106 valence electrons. The number of hydrogen-bond donors (Lipinski definition) is 2. The van der Waals surface area contributed by atoms with Gasteiger partial charge in [-0.2, -0.15) is 0 Å². The summed E-state index contributed by atoms with van der Waals surface area (Å²) < 4.78 is 0. The normalized spacial score (nSPS) is 11.9. The molecule has 1 heterocycles. The number of nitro groups is 1. The molecule has 1 atom stereocenters. The first kappa shape index (κ1) is 15.2. The minimum absolute atomic E-state index is 0.0243. The molecule has 6 heteroatoms. The van der Waals surface area contributed by atoms with Gasteiger partial charge in [-0.15, -0.1) is 0 Å². The monoisotopic (exact) mass is 266 g/mol. The molecule has 19 heavy (non-hydrogen) atoms. The second-order valence-electron chi connectivity index (χ2n) is 4.39. The van der Waals surface area contributed by atoms with E-state index in [0.29, 0.717) is 11.6 Å². The average molecular weight is 266 g/mol. The summed E-state index contributed by atoms with van der Waals surface area (Å²) in [7, 11) is 0. The third-order valence-corrected chi connectivity index (χ3v) is 2.90. The molecule has 0 amide bonds. The van der Waals surface area contributed by atoms with E-state index in [1.165, 1.54) is 6.07 Å². The molecule has 0 aliphatic heterocycles. The third-order valence-electron chi connectivity index (χ3n) is 2.90. The van der Waals surface area contributed by atoms with E-state index < -0.39 is 4.92 Å². The molecule has 0 fully saturated rings. The molecule has 1 unspecified atom stereocenters. The minimum Gasteiger partial charge on any atom is -0.370 e. The summed E-state index contributed by atoms with van der Waals surface area (Å²) in [4.78, 5) is 14.9. The molecule has 6 nitrogen and oxygen atoms in total. The number of hydrogen-bond acceptors (Lipinski definition) is 5. The van der Waals surface area contributed by atoms with Crippen molar-refractivity contribution in [2.45, 2.75) is 46.1 Å². The molecule has 1 aromatic heterocycles. The van der Waals surface area contributed by atoms with Crippen molar-refractivity contribution in [3.63, 3.8) is 0 Å². The Balaban J connectivity index is 2.99. The summed E-state index contributed by atoms with van der Waals surface area (Å²) >= 11 is 0. The van der Waals surface area contributed by atoms with Crippen LogP contribution in [0.2, 0.25) is 0 Å². The lowest BCUT2D eigenvalue weighted by Gasteiger charge is -2.17. The Kier molecular flexibility index (Phi) is 6.05. The molecule has 0 aliphatic carbocycles. The second kappa shape index (κ2) is 7.56. The molecule has 0 saturated heterocycles. The predicted octanol–water partition coefficient (Wildman–Crippen LogP) is 3.41. The Labute approximate surface area is 113 Å². The van der Waals surface area contributed by atoms with Gasteiger partial charge in [0.05, 0.1) is 4.92 Å². The Morgan fingerprint density at radius 2 is 2.11 bits per heavy atom. The molecule has 1 aromatic rings. The molecule has 0 aliphatic rings. The van der Waals surface area contributed by atoms with E-state index in [4.69, 9.17) is 0 Å². The zero-order valence-corrected chi connectivity index (χ0v) is 11.8. The van der Waals surface area contributed by atoms with Crippen LogP contribution in [-0.4, -0.2) is 22.5 Å². The average Bonchev–Trinajstić information content (AvgIpc) is 2.38. The lowest BCUT2D eigenvalue weighted by atomic mass is 10.1. The fourth-order valence-electron chi connectivity index (χ4n) is 1.91. The fraction of sp³-hybridized carbons (Fsp3) is 0.615. The van der Waals surface area contributed by atoms with Crippen LogP contribution in [0.15, 0.2) is 12.1 Å². The van der Waals surface area contributed by atoms with E-state index in [2.05, 4.69) is 29.5 Å². The first-order valence-corrected chi connectivity index (χ1v) is 6.78. The van der Waals surface area contributed by atoms with Crippen LogP contribution in [-0.2, 0) is 0 Å². The summed E-state index contributed by atoms with van der Waals surface area (Å²) in [6, 6.07) is 3.34. The van der Waals surface area contributed by atoms with Gasteiger partial charge < -0.3 is 10.6 Å². The number of nitrogens with one attached hydrogen (secondary N) is 2. The van der Waals surface area contributed by atoms with Gasteiger partial charge in [0, 0.05) is 18.7 Å². The van der Waals surface area contributed by atoms with E-state index >= 15 is 0 Å². The van der Waals surface area contributed by atoms with Crippen molar-refractivity contribution in [3.8, 4) is 0 Å². The van der Waals surface area contributed by atoms with E-state index in [1.54, 1.807) is 6.07 Å². The quantitative estimate of drug-likeness (QED) is 0.556. The van der Waals surface area contributed by atoms with Gasteiger partial charge in [0.15, 0.2) is 0 Å². The van der Waals surface area contributed by atoms with Gasteiger partial charge in [0.1, 0.15) is 5.82 Å². The zero-order valence-electron chi connectivity index (χ0n) is 11.8. The van der Waals surface area contributed by atoms with Crippen molar-refractivity contribution in [3.05, 3.63) is 22.2 Å². The highest BCUT2D eigenvalue weighted by Crippen LogP contribution is 2.25. The number of nitrogens with zero attached hydrogens (tertiary/aromatic N) is 2. The molecule has 0 spiro atoms. The Hall–Kier alpha value is -1.85. The van der Waals surface area contributed by atoms with E-state index in [0.717, 1.165) is 25.8 Å². The highest BCUT2D eigenvalue weighted by Gasteiger charge is 2.18. The summed E-state index contributed by atoms with van der Waals surface area (Å²) in [6.45, 7) is 6.85. The summed E-state index contributed by atoms with van der Waals surface area (Å²) in [5.74, 6) is 1.01. The van der Waals surface area contributed by atoms with Gasteiger partial charge in [-0.1, -0.05) is 20.3 Å². The standard InChI is InChI=1S/C13H22N4O2/c1-4-7-10(5-2)15-13-11(17(18)19)8-9-12(16-13)14-6-3/h8-10H,4-7H2,1-3H3,(H2,14,15,16). The molecule has 1 rings (SSSR count). The van der Waals surface area contributed by atoms with Crippen LogP contribution in [0, 0.1) is 10.1 Å². The summed E-state index contributed by atoms with van der Waals surface area (Å²) in [5, 5.41) is 17.3. The van der Waals surface area contributed by atoms with Gasteiger partial charge in [0.2, 0.25) is 5.82 Å². The van der Waals surface area contributed by atoms with Crippen molar-refractivity contribution in [1.82, 2.24) is 4.98 Å². The van der Waals surface area contributed by atoms with Gasteiger partial charge in [0.25, 0.3) is 0 Å². The van der Waals surface area contributed by atoms with Gasteiger partial charge in [-0.25, -0.2) is 4.98 Å². The molecule has 2 N–H and O–H groups in total. The fourth-order valence-corrected chi connectivity index (χ4v) is 1.91. The maximum absolute atomic E-state index is 11.0. The Morgan fingerprint density at radius 1 is 1.37 bits per heavy atom. The maximum atomic E-state index is 11.0. The number of aromatic nitrogens is 1. The van der Waals surface area contributed by atoms with Crippen LogP contribution in [0.25, 0.3) is 0 Å². The van der Waals surface area contributed by atoms with Crippen molar-refractivity contribution in [2.75, 3.05) is 17.2 Å². The maximum Gasteiger partial charge on any atom is 0.311 e. The Bertz CT molecular complexity index is 423.